The lowest BCUT2D eigenvalue weighted by atomic mass is 10.1. The molecular weight excluding hydrogens is 284 g/mol. The molecule has 1 fully saturated rings. The summed E-state index contributed by atoms with van der Waals surface area (Å²) in [4.78, 5) is 4.37. The molecule has 1 unspecified atom stereocenters. The largest absolute Gasteiger partial charge is 0.350 e. The van der Waals surface area contributed by atoms with Crippen LogP contribution in [0.1, 0.15) is 12.1 Å². The van der Waals surface area contributed by atoms with Crippen molar-refractivity contribution >= 4 is 15.9 Å². The van der Waals surface area contributed by atoms with Gasteiger partial charge < -0.3 is 14.8 Å². The first-order valence-corrected chi connectivity index (χ1v) is 6.58. The fraction of sp³-hybridized carbons (Fsp3) is 0.583. The summed E-state index contributed by atoms with van der Waals surface area (Å²) in [6, 6.07) is 4.37. The van der Waals surface area contributed by atoms with Crippen molar-refractivity contribution in [1.82, 2.24) is 10.3 Å². The minimum atomic E-state index is -0.0668. The van der Waals surface area contributed by atoms with Crippen LogP contribution in [0.25, 0.3) is 0 Å². The highest BCUT2D eigenvalue weighted by atomic mass is 79.9. The Hall–Kier alpha value is -0.490. The molecule has 0 aliphatic carbocycles. The summed E-state index contributed by atoms with van der Waals surface area (Å²) in [5.41, 5.74) is 1.07. The Kier molecular flexibility index (Phi) is 4.91. The Balaban J connectivity index is 1.87. The van der Waals surface area contributed by atoms with Crippen molar-refractivity contribution in [3.8, 4) is 0 Å². The molecule has 0 aromatic carbocycles. The number of nitrogens with one attached hydrogen (secondary N) is 1. The van der Waals surface area contributed by atoms with Crippen LogP contribution in [0.5, 0.6) is 0 Å². The van der Waals surface area contributed by atoms with Gasteiger partial charge in [-0.2, -0.15) is 0 Å². The fourth-order valence-corrected chi connectivity index (χ4v) is 2.09. The predicted octanol–water partition coefficient (Wildman–Crippen LogP) is 1.74. The van der Waals surface area contributed by atoms with Crippen molar-refractivity contribution in [2.75, 3.05) is 20.3 Å². The Labute approximate surface area is 110 Å². The van der Waals surface area contributed by atoms with Gasteiger partial charge in [0.25, 0.3) is 0 Å². The topological polar surface area (TPSA) is 43.4 Å². The maximum atomic E-state index is 5.45. The minimum absolute atomic E-state index is 0.0668. The molecule has 1 aliphatic rings. The van der Waals surface area contributed by atoms with Crippen LogP contribution in [-0.4, -0.2) is 37.6 Å². The van der Waals surface area contributed by atoms with E-state index in [0.29, 0.717) is 19.3 Å². The summed E-state index contributed by atoms with van der Waals surface area (Å²) in [6.07, 6.45) is 3.49. The van der Waals surface area contributed by atoms with Gasteiger partial charge in [-0.1, -0.05) is 0 Å². The molecule has 2 heterocycles. The van der Waals surface area contributed by atoms with E-state index in [0.717, 1.165) is 23.0 Å². The summed E-state index contributed by atoms with van der Waals surface area (Å²) in [5.74, 6) is 0. The lowest BCUT2D eigenvalue weighted by Crippen LogP contribution is -2.32. The maximum Gasteiger partial charge on any atom is 0.159 e. The van der Waals surface area contributed by atoms with Gasteiger partial charge in [0.1, 0.15) is 0 Å². The molecule has 1 aliphatic heterocycles. The van der Waals surface area contributed by atoms with Gasteiger partial charge in [-0.05, 0) is 35.1 Å². The van der Waals surface area contributed by atoms with Crippen molar-refractivity contribution in [2.45, 2.75) is 25.2 Å². The number of ether oxygens (including phenoxy) is 2. The Morgan fingerprint density at radius 2 is 2.24 bits per heavy atom. The van der Waals surface area contributed by atoms with Crippen molar-refractivity contribution in [3.05, 3.63) is 28.5 Å². The van der Waals surface area contributed by atoms with Crippen LogP contribution in [0.2, 0.25) is 0 Å². The smallest absolute Gasteiger partial charge is 0.159 e. The predicted molar refractivity (Wildman–Crippen MR) is 68.8 cm³/mol. The van der Waals surface area contributed by atoms with Crippen LogP contribution >= 0.6 is 15.9 Å². The monoisotopic (exact) mass is 300 g/mol. The number of rotatable bonds is 5. The van der Waals surface area contributed by atoms with E-state index in [2.05, 4.69) is 26.2 Å². The van der Waals surface area contributed by atoms with Crippen LogP contribution in [0.4, 0.5) is 0 Å². The number of pyridine rings is 1. The second kappa shape index (κ2) is 6.44. The van der Waals surface area contributed by atoms with E-state index < -0.39 is 0 Å². The van der Waals surface area contributed by atoms with E-state index in [4.69, 9.17) is 9.47 Å². The third-order valence-electron chi connectivity index (χ3n) is 2.82. The van der Waals surface area contributed by atoms with Crippen LogP contribution in [0.3, 0.4) is 0 Å². The molecule has 5 heteroatoms. The van der Waals surface area contributed by atoms with Gasteiger partial charge in [-0.3, -0.25) is 4.98 Å². The van der Waals surface area contributed by atoms with E-state index in [1.165, 1.54) is 0 Å². The average molecular weight is 301 g/mol. The molecular formula is C12H17BrN2O2. The van der Waals surface area contributed by atoms with Crippen LogP contribution in [-0.2, 0) is 15.9 Å². The molecule has 17 heavy (non-hydrogen) atoms. The number of hydrogen-bond acceptors (Lipinski definition) is 4. The first kappa shape index (κ1) is 13.0. The molecule has 1 aromatic heterocycles. The van der Waals surface area contributed by atoms with Crippen molar-refractivity contribution < 1.29 is 9.47 Å². The van der Waals surface area contributed by atoms with Gasteiger partial charge in [0.05, 0.1) is 13.2 Å². The zero-order chi connectivity index (χ0) is 12.1. The quantitative estimate of drug-likeness (QED) is 0.899. The summed E-state index contributed by atoms with van der Waals surface area (Å²) in [5, 5.41) is 3.28. The van der Waals surface area contributed by atoms with E-state index >= 15 is 0 Å². The van der Waals surface area contributed by atoms with E-state index in [1.807, 2.05) is 25.4 Å². The Morgan fingerprint density at radius 1 is 1.47 bits per heavy atom. The van der Waals surface area contributed by atoms with Crippen molar-refractivity contribution in [1.29, 1.82) is 0 Å². The number of nitrogens with zero attached hydrogens (tertiary/aromatic N) is 1. The third kappa shape index (κ3) is 4.03. The van der Waals surface area contributed by atoms with Crippen LogP contribution < -0.4 is 5.32 Å². The highest BCUT2D eigenvalue weighted by Crippen LogP contribution is 2.14. The normalized spacial score (nSPS) is 18.5. The molecule has 2 rings (SSSR count). The molecule has 1 aromatic rings. The van der Waals surface area contributed by atoms with Gasteiger partial charge >= 0.3 is 0 Å². The van der Waals surface area contributed by atoms with E-state index in [-0.39, 0.29) is 6.29 Å². The van der Waals surface area contributed by atoms with Gasteiger partial charge in [-0.15, -0.1) is 0 Å². The van der Waals surface area contributed by atoms with E-state index in [9.17, 15) is 0 Å². The number of likely N-dealkylation sites (N-methyl/N-ethyl adjacent to an activating group) is 1. The summed E-state index contributed by atoms with van der Waals surface area (Å²) in [6.45, 7) is 1.41. The van der Waals surface area contributed by atoms with E-state index in [1.54, 1.807) is 0 Å². The van der Waals surface area contributed by atoms with Gasteiger partial charge in [0, 0.05) is 35.2 Å². The zero-order valence-corrected chi connectivity index (χ0v) is 11.4. The standard InChI is InChI=1S/C12H17BrN2O2/c1-14-11(7-12-16-4-5-17-12)6-10-3-2-9(13)8-15-10/h2-3,8,11-12,14H,4-7H2,1H3. The molecule has 0 saturated carbocycles. The molecule has 4 nitrogen and oxygen atoms in total. The fourth-order valence-electron chi connectivity index (χ4n) is 1.86. The van der Waals surface area contributed by atoms with Crippen LogP contribution in [0, 0.1) is 0 Å². The first-order valence-electron chi connectivity index (χ1n) is 5.79. The van der Waals surface area contributed by atoms with Crippen molar-refractivity contribution in [2.24, 2.45) is 0 Å². The highest BCUT2D eigenvalue weighted by molar-refractivity contribution is 9.10. The Morgan fingerprint density at radius 3 is 2.82 bits per heavy atom. The molecule has 94 valence electrons. The van der Waals surface area contributed by atoms with Crippen molar-refractivity contribution in [3.63, 3.8) is 0 Å². The molecule has 0 amide bonds. The first-order chi connectivity index (χ1) is 8.28. The third-order valence-corrected chi connectivity index (χ3v) is 3.29. The lowest BCUT2D eigenvalue weighted by Gasteiger charge is -2.18. The zero-order valence-electron chi connectivity index (χ0n) is 9.86. The molecule has 1 N–H and O–H groups in total. The average Bonchev–Trinajstić information content (AvgIpc) is 2.84. The maximum absolute atomic E-state index is 5.45. The minimum Gasteiger partial charge on any atom is -0.350 e. The second-order valence-corrected chi connectivity index (χ2v) is 4.98. The summed E-state index contributed by atoms with van der Waals surface area (Å²) >= 11 is 3.38. The molecule has 0 spiro atoms. The SMILES string of the molecule is CNC(Cc1ccc(Br)cn1)CC1OCCO1. The molecule has 0 bridgehead atoms. The van der Waals surface area contributed by atoms with Gasteiger partial charge in [0.2, 0.25) is 0 Å². The van der Waals surface area contributed by atoms with Gasteiger partial charge in [0.15, 0.2) is 6.29 Å². The number of hydrogen-bond donors (Lipinski definition) is 1. The highest BCUT2D eigenvalue weighted by Gasteiger charge is 2.20. The molecule has 1 saturated heterocycles. The molecule has 0 radical (unpaired) electrons. The number of halogens is 1. The second-order valence-electron chi connectivity index (χ2n) is 4.06. The summed E-state index contributed by atoms with van der Waals surface area (Å²) in [7, 11) is 1.96. The Bertz CT molecular complexity index is 339. The van der Waals surface area contributed by atoms with Gasteiger partial charge in [-0.25, -0.2) is 0 Å². The summed E-state index contributed by atoms with van der Waals surface area (Å²) < 4.78 is 11.9. The molecule has 1 atom stereocenters. The number of aromatic nitrogens is 1. The lowest BCUT2D eigenvalue weighted by molar-refractivity contribution is -0.0523. The van der Waals surface area contributed by atoms with Crippen LogP contribution in [0.15, 0.2) is 22.8 Å².